The van der Waals surface area contributed by atoms with Gasteiger partial charge in [0.05, 0.1) is 18.6 Å². The molecule has 2 aromatic rings. The number of methoxy groups -OCH3 is 1. The number of thioether (sulfide) groups is 1. The zero-order valence-corrected chi connectivity index (χ0v) is 12.6. The van der Waals surface area contributed by atoms with Gasteiger partial charge in [0.25, 0.3) is 0 Å². The molecule has 5 nitrogen and oxygen atoms in total. The quantitative estimate of drug-likeness (QED) is 0.857. The predicted octanol–water partition coefficient (Wildman–Crippen LogP) is 2.61. The van der Waals surface area contributed by atoms with Crippen LogP contribution in [0.5, 0.6) is 5.75 Å². The Balaban J connectivity index is 1.74. The smallest absolute Gasteiger partial charge is 0.234 e. The minimum Gasteiger partial charge on any atom is -0.497 e. The maximum Gasteiger partial charge on any atom is 0.234 e. The summed E-state index contributed by atoms with van der Waals surface area (Å²) >= 11 is 2.92. The fourth-order valence-electron chi connectivity index (χ4n) is 1.51. The van der Waals surface area contributed by atoms with Crippen LogP contribution in [0.15, 0.2) is 29.6 Å². The molecule has 1 aromatic heterocycles. The van der Waals surface area contributed by atoms with Crippen LogP contribution in [0.4, 0.5) is 10.8 Å². The molecular formula is C13H15N3O2S2. The van der Waals surface area contributed by atoms with Crippen LogP contribution in [0.25, 0.3) is 0 Å². The number of rotatable bonds is 6. The van der Waals surface area contributed by atoms with Gasteiger partial charge < -0.3 is 15.8 Å². The van der Waals surface area contributed by atoms with Crippen molar-refractivity contribution < 1.29 is 9.53 Å². The van der Waals surface area contributed by atoms with Crippen molar-refractivity contribution in [3.63, 3.8) is 0 Å². The van der Waals surface area contributed by atoms with Crippen LogP contribution in [0.3, 0.4) is 0 Å². The Morgan fingerprint density at radius 3 is 2.80 bits per heavy atom. The van der Waals surface area contributed by atoms with E-state index in [0.717, 1.165) is 17.1 Å². The molecule has 3 N–H and O–H groups in total. The van der Waals surface area contributed by atoms with E-state index in [9.17, 15) is 4.79 Å². The number of hydrogen-bond donors (Lipinski definition) is 2. The number of carbonyl (C=O) groups excluding carboxylic acids is 1. The van der Waals surface area contributed by atoms with Crippen molar-refractivity contribution in [3.8, 4) is 5.75 Å². The number of nitrogens with one attached hydrogen (secondary N) is 1. The minimum atomic E-state index is -0.0385. The van der Waals surface area contributed by atoms with Crippen molar-refractivity contribution in [2.75, 3.05) is 23.9 Å². The number of nitrogen functional groups attached to an aromatic ring is 1. The van der Waals surface area contributed by atoms with Gasteiger partial charge in [-0.2, -0.15) is 0 Å². The van der Waals surface area contributed by atoms with Gasteiger partial charge >= 0.3 is 0 Å². The Labute approximate surface area is 125 Å². The molecule has 0 aliphatic rings. The topological polar surface area (TPSA) is 77.2 Å². The molecule has 0 bridgehead atoms. The highest BCUT2D eigenvalue weighted by Crippen LogP contribution is 2.18. The average Bonchev–Trinajstić information content (AvgIpc) is 2.85. The summed E-state index contributed by atoms with van der Waals surface area (Å²) in [5.41, 5.74) is 7.21. The molecule has 1 aromatic carbocycles. The van der Waals surface area contributed by atoms with Gasteiger partial charge in [0.2, 0.25) is 5.91 Å². The van der Waals surface area contributed by atoms with Crippen molar-refractivity contribution >= 4 is 39.8 Å². The van der Waals surface area contributed by atoms with Gasteiger partial charge in [0, 0.05) is 16.8 Å². The zero-order chi connectivity index (χ0) is 14.4. The van der Waals surface area contributed by atoms with Crippen molar-refractivity contribution in [1.82, 2.24) is 4.98 Å². The molecule has 0 aliphatic carbocycles. The number of ether oxygens (including phenoxy) is 1. The lowest BCUT2D eigenvalue weighted by molar-refractivity contribution is -0.113. The van der Waals surface area contributed by atoms with E-state index in [2.05, 4.69) is 10.3 Å². The Kier molecular flexibility index (Phi) is 5.25. The summed E-state index contributed by atoms with van der Waals surface area (Å²) in [7, 11) is 1.61. The monoisotopic (exact) mass is 309 g/mol. The summed E-state index contributed by atoms with van der Waals surface area (Å²) in [6.45, 7) is 0. The number of thiazole rings is 1. The summed E-state index contributed by atoms with van der Waals surface area (Å²) in [4.78, 5) is 15.9. The first-order chi connectivity index (χ1) is 9.67. The standard InChI is InChI=1S/C13H15N3O2S2/c1-18-11-4-2-9(3-5-11)15-12(17)8-19-6-10-7-20-13(14)16-10/h2-5,7H,6,8H2,1H3,(H2,14,16)(H,15,17). The number of benzene rings is 1. The SMILES string of the molecule is COc1ccc(NC(=O)CSCc2csc(N)n2)cc1. The number of amides is 1. The van der Waals surface area contributed by atoms with Crippen LogP contribution in [-0.4, -0.2) is 23.8 Å². The molecule has 0 atom stereocenters. The van der Waals surface area contributed by atoms with Gasteiger partial charge in [0.1, 0.15) is 5.75 Å². The molecule has 1 amide bonds. The summed E-state index contributed by atoms with van der Waals surface area (Å²) in [6.07, 6.45) is 0. The lowest BCUT2D eigenvalue weighted by Crippen LogP contribution is -2.14. The van der Waals surface area contributed by atoms with E-state index in [1.807, 2.05) is 17.5 Å². The second kappa shape index (κ2) is 7.16. The molecule has 0 fully saturated rings. The third kappa shape index (κ3) is 4.43. The van der Waals surface area contributed by atoms with Crippen LogP contribution in [0, 0.1) is 0 Å². The van der Waals surface area contributed by atoms with Crippen LogP contribution >= 0.6 is 23.1 Å². The fraction of sp³-hybridized carbons (Fsp3) is 0.231. The highest BCUT2D eigenvalue weighted by atomic mass is 32.2. The van der Waals surface area contributed by atoms with E-state index in [1.54, 1.807) is 19.2 Å². The van der Waals surface area contributed by atoms with E-state index in [1.165, 1.54) is 23.1 Å². The van der Waals surface area contributed by atoms with Gasteiger partial charge in [-0.1, -0.05) is 0 Å². The molecule has 0 saturated heterocycles. The van der Waals surface area contributed by atoms with Crippen LogP contribution in [-0.2, 0) is 10.5 Å². The maximum atomic E-state index is 11.8. The lowest BCUT2D eigenvalue weighted by atomic mass is 10.3. The minimum absolute atomic E-state index is 0.0385. The van der Waals surface area contributed by atoms with Crippen molar-refractivity contribution in [2.45, 2.75) is 5.75 Å². The summed E-state index contributed by atoms with van der Waals surface area (Å²) in [5, 5.41) is 5.29. The number of aromatic nitrogens is 1. The predicted molar refractivity (Wildman–Crippen MR) is 84.3 cm³/mol. The van der Waals surface area contributed by atoms with Crippen molar-refractivity contribution in [2.24, 2.45) is 0 Å². The average molecular weight is 309 g/mol. The van der Waals surface area contributed by atoms with Crippen LogP contribution in [0.2, 0.25) is 0 Å². The van der Waals surface area contributed by atoms with Crippen LogP contribution in [0.1, 0.15) is 5.69 Å². The molecule has 0 spiro atoms. The summed E-state index contributed by atoms with van der Waals surface area (Å²) in [6, 6.07) is 7.23. The number of hydrogen-bond acceptors (Lipinski definition) is 6. The first kappa shape index (κ1) is 14.7. The highest BCUT2D eigenvalue weighted by molar-refractivity contribution is 7.99. The molecule has 20 heavy (non-hydrogen) atoms. The van der Waals surface area contributed by atoms with Gasteiger partial charge in [-0.15, -0.1) is 23.1 Å². The summed E-state index contributed by atoms with van der Waals surface area (Å²) < 4.78 is 5.06. The van der Waals surface area contributed by atoms with Crippen LogP contribution < -0.4 is 15.8 Å². The largest absolute Gasteiger partial charge is 0.497 e. The maximum absolute atomic E-state index is 11.8. The second-order valence-corrected chi connectivity index (χ2v) is 5.82. The second-order valence-electron chi connectivity index (χ2n) is 3.95. The third-order valence-corrected chi connectivity index (χ3v) is 4.12. The van der Waals surface area contributed by atoms with E-state index in [4.69, 9.17) is 10.5 Å². The lowest BCUT2D eigenvalue weighted by Gasteiger charge is -2.05. The highest BCUT2D eigenvalue weighted by Gasteiger charge is 2.05. The molecule has 1 heterocycles. The molecule has 0 aliphatic heterocycles. The first-order valence-corrected chi connectivity index (χ1v) is 7.92. The fourth-order valence-corrected chi connectivity index (χ4v) is 2.89. The molecule has 0 radical (unpaired) electrons. The number of nitrogens with zero attached hydrogens (tertiary/aromatic N) is 1. The number of carbonyl (C=O) groups is 1. The van der Waals surface area contributed by atoms with E-state index >= 15 is 0 Å². The molecule has 0 saturated carbocycles. The third-order valence-electron chi connectivity index (χ3n) is 2.43. The number of nitrogens with two attached hydrogens (primary N) is 1. The van der Waals surface area contributed by atoms with E-state index in [-0.39, 0.29) is 5.91 Å². The Morgan fingerprint density at radius 1 is 1.45 bits per heavy atom. The van der Waals surface area contributed by atoms with Gasteiger partial charge in [-0.3, -0.25) is 4.79 Å². The number of anilines is 2. The van der Waals surface area contributed by atoms with Crippen molar-refractivity contribution in [3.05, 3.63) is 35.3 Å². The van der Waals surface area contributed by atoms with E-state index < -0.39 is 0 Å². The van der Waals surface area contributed by atoms with E-state index in [0.29, 0.717) is 16.6 Å². The normalized spacial score (nSPS) is 10.2. The summed E-state index contributed by atoms with van der Waals surface area (Å²) in [5.74, 6) is 1.79. The molecule has 0 unspecified atom stereocenters. The Hall–Kier alpha value is -1.73. The molecule has 7 heteroatoms. The Morgan fingerprint density at radius 2 is 2.20 bits per heavy atom. The first-order valence-electron chi connectivity index (χ1n) is 5.89. The van der Waals surface area contributed by atoms with Gasteiger partial charge in [-0.05, 0) is 24.3 Å². The zero-order valence-electron chi connectivity index (χ0n) is 11.0. The molecule has 2 rings (SSSR count). The van der Waals surface area contributed by atoms with Gasteiger partial charge in [-0.25, -0.2) is 4.98 Å². The van der Waals surface area contributed by atoms with Crippen molar-refractivity contribution in [1.29, 1.82) is 0 Å². The Bertz CT molecular complexity index is 569. The molecule has 106 valence electrons. The van der Waals surface area contributed by atoms with Gasteiger partial charge in [0.15, 0.2) is 5.13 Å². The molecular weight excluding hydrogens is 294 g/mol.